The molecule has 0 aliphatic rings. The summed E-state index contributed by atoms with van der Waals surface area (Å²) in [6, 6.07) is 0. The average molecular weight is 198 g/mol. The average Bonchev–Trinajstić information content (AvgIpc) is 2.11. The number of carbonyl (C=O) groups excluding carboxylic acids is 1. The second kappa shape index (κ2) is 5.18. The van der Waals surface area contributed by atoms with Crippen LogP contribution in [0.15, 0.2) is 12.7 Å². The standard InChI is InChI=1S/C12H22O2/c1-7-8-14-11(13)12(6,9(2)3)10(4)5/h7,9-10H,1,8H2,2-6H3. The van der Waals surface area contributed by atoms with Crippen LogP contribution >= 0.6 is 0 Å². The lowest BCUT2D eigenvalue weighted by Gasteiger charge is -2.34. The van der Waals surface area contributed by atoms with Gasteiger partial charge in [-0.15, -0.1) is 0 Å². The van der Waals surface area contributed by atoms with Crippen LogP contribution in [0.4, 0.5) is 0 Å². The third kappa shape index (κ3) is 2.60. The highest BCUT2D eigenvalue weighted by Crippen LogP contribution is 2.36. The van der Waals surface area contributed by atoms with Gasteiger partial charge in [-0.1, -0.05) is 40.3 Å². The predicted molar refractivity (Wildman–Crippen MR) is 58.9 cm³/mol. The summed E-state index contributed by atoms with van der Waals surface area (Å²) >= 11 is 0. The molecule has 2 heteroatoms. The summed E-state index contributed by atoms with van der Waals surface area (Å²) in [5.41, 5.74) is -0.400. The van der Waals surface area contributed by atoms with Crippen LogP contribution in [0.3, 0.4) is 0 Å². The molecule has 0 radical (unpaired) electrons. The lowest BCUT2D eigenvalue weighted by atomic mass is 9.70. The summed E-state index contributed by atoms with van der Waals surface area (Å²) in [6.45, 7) is 14.0. The Hall–Kier alpha value is -0.790. The molecule has 0 aromatic rings. The Balaban J connectivity index is 4.65. The Labute approximate surface area is 87.3 Å². The lowest BCUT2D eigenvalue weighted by Crippen LogP contribution is -2.39. The second-order valence-electron chi connectivity index (χ2n) is 4.48. The summed E-state index contributed by atoms with van der Waals surface area (Å²) < 4.78 is 5.12. The van der Waals surface area contributed by atoms with Crippen LogP contribution in [-0.2, 0) is 9.53 Å². The van der Waals surface area contributed by atoms with E-state index in [0.717, 1.165) is 0 Å². The molecule has 2 nitrogen and oxygen atoms in total. The van der Waals surface area contributed by atoms with E-state index in [1.165, 1.54) is 0 Å². The minimum Gasteiger partial charge on any atom is -0.461 e. The first kappa shape index (κ1) is 13.2. The van der Waals surface area contributed by atoms with Crippen LogP contribution in [0, 0.1) is 17.3 Å². The van der Waals surface area contributed by atoms with E-state index in [2.05, 4.69) is 34.3 Å². The first-order valence-electron chi connectivity index (χ1n) is 5.15. The highest BCUT2D eigenvalue weighted by atomic mass is 16.5. The highest BCUT2D eigenvalue weighted by Gasteiger charge is 2.40. The van der Waals surface area contributed by atoms with Crippen LogP contribution in [0.1, 0.15) is 34.6 Å². The van der Waals surface area contributed by atoms with Gasteiger partial charge in [-0.05, 0) is 18.8 Å². The smallest absolute Gasteiger partial charge is 0.312 e. The fraction of sp³-hybridized carbons (Fsp3) is 0.750. The van der Waals surface area contributed by atoms with Gasteiger partial charge in [0.15, 0.2) is 0 Å². The number of esters is 1. The van der Waals surface area contributed by atoms with Crippen LogP contribution in [0.5, 0.6) is 0 Å². The fourth-order valence-electron chi connectivity index (χ4n) is 1.43. The Morgan fingerprint density at radius 1 is 1.36 bits per heavy atom. The first-order chi connectivity index (χ1) is 6.37. The van der Waals surface area contributed by atoms with Gasteiger partial charge < -0.3 is 4.74 Å². The number of carbonyl (C=O) groups is 1. The SMILES string of the molecule is C=CCOC(=O)C(C)(C(C)C)C(C)C. The molecule has 0 aliphatic heterocycles. The minimum atomic E-state index is -0.400. The molecule has 0 saturated carbocycles. The Morgan fingerprint density at radius 2 is 1.79 bits per heavy atom. The van der Waals surface area contributed by atoms with Crippen LogP contribution in [0.25, 0.3) is 0 Å². The minimum absolute atomic E-state index is 0.123. The molecule has 0 unspecified atom stereocenters. The Bertz CT molecular complexity index is 196. The van der Waals surface area contributed by atoms with Crippen molar-refractivity contribution in [2.75, 3.05) is 6.61 Å². The molecule has 0 aliphatic carbocycles. The maximum Gasteiger partial charge on any atom is 0.312 e. The van der Waals surface area contributed by atoms with Gasteiger partial charge in [-0.2, -0.15) is 0 Å². The van der Waals surface area contributed by atoms with E-state index in [0.29, 0.717) is 6.61 Å². The summed E-state index contributed by atoms with van der Waals surface area (Å²) in [5.74, 6) is 0.432. The second-order valence-corrected chi connectivity index (χ2v) is 4.48. The van der Waals surface area contributed by atoms with Crippen molar-refractivity contribution >= 4 is 5.97 Å². The summed E-state index contributed by atoms with van der Waals surface area (Å²) in [4.78, 5) is 11.8. The molecule has 0 amide bonds. The Kier molecular flexibility index (Phi) is 4.89. The van der Waals surface area contributed by atoms with Gasteiger partial charge in [-0.25, -0.2) is 0 Å². The normalized spacial score (nSPS) is 11.9. The first-order valence-corrected chi connectivity index (χ1v) is 5.15. The van der Waals surface area contributed by atoms with Gasteiger partial charge in [0.05, 0.1) is 5.41 Å². The molecule has 82 valence electrons. The highest BCUT2D eigenvalue weighted by molar-refractivity contribution is 5.77. The molecule has 0 atom stereocenters. The maximum absolute atomic E-state index is 11.8. The van der Waals surface area contributed by atoms with E-state index < -0.39 is 5.41 Å². The fourth-order valence-corrected chi connectivity index (χ4v) is 1.43. The summed E-state index contributed by atoms with van der Waals surface area (Å²) in [7, 11) is 0. The monoisotopic (exact) mass is 198 g/mol. The molecular weight excluding hydrogens is 176 g/mol. The summed E-state index contributed by atoms with van der Waals surface area (Å²) in [6.07, 6.45) is 1.60. The number of hydrogen-bond donors (Lipinski definition) is 0. The van der Waals surface area contributed by atoms with Gasteiger partial charge in [0.25, 0.3) is 0 Å². The van der Waals surface area contributed by atoms with E-state index in [1.807, 2.05) is 6.92 Å². The topological polar surface area (TPSA) is 26.3 Å². The van der Waals surface area contributed by atoms with E-state index >= 15 is 0 Å². The van der Waals surface area contributed by atoms with Gasteiger partial charge in [0.1, 0.15) is 6.61 Å². The lowest BCUT2D eigenvalue weighted by molar-refractivity contribution is -0.159. The zero-order valence-corrected chi connectivity index (χ0v) is 9.96. The van der Waals surface area contributed by atoms with E-state index in [1.54, 1.807) is 6.08 Å². The van der Waals surface area contributed by atoms with Crippen molar-refractivity contribution in [3.8, 4) is 0 Å². The molecule has 0 heterocycles. The van der Waals surface area contributed by atoms with E-state index in [9.17, 15) is 4.79 Å². The maximum atomic E-state index is 11.8. The van der Waals surface area contributed by atoms with Crippen molar-refractivity contribution in [1.82, 2.24) is 0 Å². The van der Waals surface area contributed by atoms with Crippen LogP contribution in [-0.4, -0.2) is 12.6 Å². The largest absolute Gasteiger partial charge is 0.461 e. The van der Waals surface area contributed by atoms with Crippen molar-refractivity contribution in [3.05, 3.63) is 12.7 Å². The third-order valence-electron chi connectivity index (χ3n) is 3.17. The molecule has 0 N–H and O–H groups in total. The molecular formula is C12H22O2. The number of hydrogen-bond acceptors (Lipinski definition) is 2. The van der Waals surface area contributed by atoms with Crippen molar-refractivity contribution < 1.29 is 9.53 Å². The molecule has 0 bridgehead atoms. The van der Waals surface area contributed by atoms with Crippen molar-refractivity contribution in [3.63, 3.8) is 0 Å². The molecule has 0 aromatic heterocycles. The number of rotatable bonds is 5. The number of ether oxygens (including phenoxy) is 1. The Morgan fingerprint density at radius 3 is 2.07 bits per heavy atom. The molecule has 0 fully saturated rings. The molecule has 0 saturated heterocycles. The van der Waals surface area contributed by atoms with Crippen molar-refractivity contribution in [2.45, 2.75) is 34.6 Å². The van der Waals surface area contributed by atoms with Gasteiger partial charge in [0.2, 0.25) is 0 Å². The van der Waals surface area contributed by atoms with E-state index in [-0.39, 0.29) is 17.8 Å². The van der Waals surface area contributed by atoms with Crippen LogP contribution < -0.4 is 0 Å². The molecule has 0 rings (SSSR count). The molecule has 0 spiro atoms. The zero-order chi connectivity index (χ0) is 11.4. The quantitative estimate of drug-likeness (QED) is 0.501. The molecule has 14 heavy (non-hydrogen) atoms. The van der Waals surface area contributed by atoms with E-state index in [4.69, 9.17) is 4.74 Å². The van der Waals surface area contributed by atoms with Gasteiger partial charge in [-0.3, -0.25) is 4.79 Å². The zero-order valence-electron chi connectivity index (χ0n) is 9.96. The van der Waals surface area contributed by atoms with Crippen molar-refractivity contribution in [2.24, 2.45) is 17.3 Å². The predicted octanol–water partition coefficient (Wildman–Crippen LogP) is 3.03. The van der Waals surface area contributed by atoms with Crippen LogP contribution in [0.2, 0.25) is 0 Å². The van der Waals surface area contributed by atoms with Gasteiger partial charge >= 0.3 is 5.97 Å². The molecule has 0 aromatic carbocycles. The summed E-state index contributed by atoms with van der Waals surface area (Å²) in [5, 5.41) is 0. The van der Waals surface area contributed by atoms with Gasteiger partial charge in [0, 0.05) is 0 Å². The third-order valence-corrected chi connectivity index (χ3v) is 3.17. The van der Waals surface area contributed by atoms with Crippen molar-refractivity contribution in [1.29, 1.82) is 0 Å².